The predicted octanol–water partition coefficient (Wildman–Crippen LogP) is 5.73. The number of hydrogen-bond donors (Lipinski definition) is 1. The van der Waals surface area contributed by atoms with Crippen LogP contribution in [0.25, 0.3) is 0 Å². The molecule has 1 atom stereocenters. The number of benzene rings is 2. The zero-order chi connectivity index (χ0) is 23.0. The van der Waals surface area contributed by atoms with Crippen LogP contribution in [-0.4, -0.2) is 28.8 Å². The summed E-state index contributed by atoms with van der Waals surface area (Å²) in [7, 11) is 0. The maximum absolute atomic E-state index is 13.3. The molecule has 0 saturated heterocycles. The molecule has 31 heavy (non-hydrogen) atoms. The molecule has 2 rings (SSSR count). The monoisotopic (exact) mass is 442 g/mol. The third-order valence-electron chi connectivity index (χ3n) is 5.36. The summed E-state index contributed by atoms with van der Waals surface area (Å²) in [6.45, 7) is 10.5. The number of nitrogens with one attached hydrogen (secondary N) is 1. The topological polar surface area (TPSA) is 49.4 Å². The first-order valence-corrected chi connectivity index (χ1v) is 11.5. The van der Waals surface area contributed by atoms with Crippen molar-refractivity contribution in [3.63, 3.8) is 0 Å². The fraction of sp³-hybridized carbons (Fsp3) is 0.462. The van der Waals surface area contributed by atoms with Gasteiger partial charge in [0.2, 0.25) is 11.8 Å². The van der Waals surface area contributed by atoms with E-state index in [-0.39, 0.29) is 17.9 Å². The second-order valence-corrected chi connectivity index (χ2v) is 9.07. The van der Waals surface area contributed by atoms with E-state index in [2.05, 4.69) is 43.4 Å². The zero-order valence-corrected chi connectivity index (χ0v) is 20.1. The lowest BCUT2D eigenvalue weighted by atomic mass is 10.00. The lowest BCUT2D eigenvalue weighted by molar-refractivity contribution is -0.141. The van der Waals surface area contributed by atoms with Crippen LogP contribution in [0.1, 0.15) is 70.1 Å². The second kappa shape index (κ2) is 11.9. The van der Waals surface area contributed by atoms with Crippen LogP contribution >= 0.6 is 11.6 Å². The average Bonchev–Trinajstić information content (AvgIpc) is 2.73. The van der Waals surface area contributed by atoms with Crippen LogP contribution in [0.3, 0.4) is 0 Å². The van der Waals surface area contributed by atoms with Crippen molar-refractivity contribution < 1.29 is 9.59 Å². The summed E-state index contributed by atoms with van der Waals surface area (Å²) < 4.78 is 0. The summed E-state index contributed by atoms with van der Waals surface area (Å²) in [6, 6.07) is 15.4. The maximum atomic E-state index is 13.3. The molecule has 0 aliphatic carbocycles. The SMILES string of the molecule is CCC(C(=O)NC(C)C)N(Cc1ccc(Cl)cc1)C(=O)CCc1ccc(C(C)C)cc1. The van der Waals surface area contributed by atoms with Gasteiger partial charge in [-0.3, -0.25) is 9.59 Å². The minimum Gasteiger partial charge on any atom is -0.352 e. The highest BCUT2D eigenvalue weighted by Crippen LogP contribution is 2.19. The largest absolute Gasteiger partial charge is 0.352 e. The van der Waals surface area contributed by atoms with Gasteiger partial charge in [0, 0.05) is 24.0 Å². The van der Waals surface area contributed by atoms with Gasteiger partial charge in [-0.25, -0.2) is 0 Å². The lowest BCUT2D eigenvalue weighted by Gasteiger charge is -2.31. The second-order valence-electron chi connectivity index (χ2n) is 8.63. The molecule has 0 aromatic heterocycles. The molecule has 0 bridgehead atoms. The third kappa shape index (κ3) is 7.70. The maximum Gasteiger partial charge on any atom is 0.243 e. The minimum atomic E-state index is -0.506. The normalized spacial score (nSPS) is 12.1. The van der Waals surface area contributed by atoms with Crippen molar-refractivity contribution in [2.24, 2.45) is 0 Å². The van der Waals surface area contributed by atoms with E-state index in [1.165, 1.54) is 5.56 Å². The Morgan fingerprint density at radius 1 is 0.935 bits per heavy atom. The van der Waals surface area contributed by atoms with Crippen LogP contribution in [0.4, 0.5) is 0 Å². The first-order valence-electron chi connectivity index (χ1n) is 11.1. The molecule has 0 radical (unpaired) electrons. The molecule has 2 amide bonds. The number of halogens is 1. The van der Waals surface area contributed by atoms with E-state index in [0.29, 0.717) is 36.7 Å². The van der Waals surface area contributed by atoms with E-state index in [9.17, 15) is 9.59 Å². The molecule has 5 heteroatoms. The van der Waals surface area contributed by atoms with Crippen molar-refractivity contribution in [3.05, 3.63) is 70.2 Å². The minimum absolute atomic E-state index is 0.0198. The molecular formula is C26H35ClN2O2. The van der Waals surface area contributed by atoms with E-state index in [4.69, 9.17) is 11.6 Å². The van der Waals surface area contributed by atoms with Gasteiger partial charge in [0.1, 0.15) is 6.04 Å². The van der Waals surface area contributed by atoms with Crippen LogP contribution in [-0.2, 0) is 22.6 Å². The summed E-state index contributed by atoms with van der Waals surface area (Å²) in [5.74, 6) is 0.352. The van der Waals surface area contributed by atoms with Gasteiger partial charge < -0.3 is 10.2 Å². The molecule has 2 aromatic rings. The highest BCUT2D eigenvalue weighted by molar-refractivity contribution is 6.30. The Balaban J connectivity index is 2.17. The summed E-state index contributed by atoms with van der Waals surface area (Å²) in [6.07, 6.45) is 1.57. The van der Waals surface area contributed by atoms with Crippen LogP contribution in [0, 0.1) is 0 Å². The van der Waals surface area contributed by atoms with E-state index < -0.39 is 6.04 Å². The Labute approximate surface area is 192 Å². The lowest BCUT2D eigenvalue weighted by Crippen LogP contribution is -2.50. The van der Waals surface area contributed by atoms with Crippen molar-refractivity contribution in [1.29, 1.82) is 0 Å². The molecule has 0 aliphatic heterocycles. The Kier molecular flexibility index (Phi) is 9.57. The van der Waals surface area contributed by atoms with Crippen molar-refractivity contribution >= 4 is 23.4 Å². The number of rotatable bonds is 10. The van der Waals surface area contributed by atoms with E-state index in [1.54, 1.807) is 4.90 Å². The fourth-order valence-corrected chi connectivity index (χ4v) is 3.68. The molecule has 1 N–H and O–H groups in total. The Morgan fingerprint density at radius 3 is 2.03 bits per heavy atom. The molecule has 0 spiro atoms. The molecule has 0 fully saturated rings. The zero-order valence-electron chi connectivity index (χ0n) is 19.3. The predicted molar refractivity (Wildman–Crippen MR) is 128 cm³/mol. The smallest absolute Gasteiger partial charge is 0.243 e. The van der Waals surface area contributed by atoms with E-state index in [0.717, 1.165) is 11.1 Å². The molecule has 0 aliphatic rings. The number of amides is 2. The molecule has 4 nitrogen and oxygen atoms in total. The molecule has 0 heterocycles. The fourth-order valence-electron chi connectivity index (χ4n) is 3.55. The van der Waals surface area contributed by atoms with Gasteiger partial charge >= 0.3 is 0 Å². The third-order valence-corrected chi connectivity index (χ3v) is 5.61. The summed E-state index contributed by atoms with van der Waals surface area (Å²) >= 11 is 6.01. The van der Waals surface area contributed by atoms with Gasteiger partial charge in [0.05, 0.1) is 0 Å². The molecular weight excluding hydrogens is 408 g/mol. The van der Waals surface area contributed by atoms with E-state index in [1.807, 2.05) is 45.0 Å². The van der Waals surface area contributed by atoms with Crippen LogP contribution in [0.2, 0.25) is 5.02 Å². The standard InChI is InChI=1S/C26H35ClN2O2/c1-6-24(26(31)28-19(4)5)29(17-21-9-14-23(27)15-10-21)25(30)16-11-20-7-12-22(13-8-20)18(2)3/h7-10,12-15,18-19,24H,6,11,16-17H2,1-5H3,(H,28,31). The van der Waals surface area contributed by atoms with Crippen LogP contribution in [0.5, 0.6) is 0 Å². The van der Waals surface area contributed by atoms with Crippen molar-refractivity contribution in [1.82, 2.24) is 10.2 Å². The van der Waals surface area contributed by atoms with E-state index >= 15 is 0 Å². The number of carbonyl (C=O) groups is 2. The number of nitrogens with zero attached hydrogens (tertiary/aromatic N) is 1. The highest BCUT2D eigenvalue weighted by Gasteiger charge is 2.28. The Hall–Kier alpha value is -2.33. The quantitative estimate of drug-likeness (QED) is 0.510. The first kappa shape index (κ1) is 24.9. The van der Waals surface area contributed by atoms with Crippen molar-refractivity contribution in [3.8, 4) is 0 Å². The number of carbonyl (C=O) groups excluding carboxylic acids is 2. The first-order chi connectivity index (χ1) is 14.7. The van der Waals surface area contributed by atoms with Crippen molar-refractivity contribution in [2.45, 2.75) is 78.4 Å². The summed E-state index contributed by atoms with van der Waals surface area (Å²) in [5, 5.41) is 3.61. The highest BCUT2D eigenvalue weighted by atomic mass is 35.5. The summed E-state index contributed by atoms with van der Waals surface area (Å²) in [4.78, 5) is 27.8. The van der Waals surface area contributed by atoms with Gasteiger partial charge in [-0.15, -0.1) is 0 Å². The average molecular weight is 443 g/mol. The van der Waals surface area contributed by atoms with Gasteiger partial charge in [-0.05, 0) is 61.4 Å². The van der Waals surface area contributed by atoms with Crippen molar-refractivity contribution in [2.75, 3.05) is 0 Å². The number of hydrogen-bond acceptors (Lipinski definition) is 2. The van der Waals surface area contributed by atoms with Gasteiger partial charge in [-0.1, -0.05) is 68.8 Å². The molecule has 168 valence electrons. The Bertz CT molecular complexity index is 845. The number of aryl methyl sites for hydroxylation is 1. The van der Waals surface area contributed by atoms with Gasteiger partial charge in [0.25, 0.3) is 0 Å². The van der Waals surface area contributed by atoms with Crippen LogP contribution < -0.4 is 5.32 Å². The molecule has 2 aromatic carbocycles. The molecule has 1 unspecified atom stereocenters. The van der Waals surface area contributed by atoms with Crippen LogP contribution in [0.15, 0.2) is 48.5 Å². The summed E-state index contributed by atoms with van der Waals surface area (Å²) in [5.41, 5.74) is 3.37. The Morgan fingerprint density at radius 2 is 1.52 bits per heavy atom. The van der Waals surface area contributed by atoms with Gasteiger partial charge in [-0.2, -0.15) is 0 Å². The van der Waals surface area contributed by atoms with Gasteiger partial charge in [0.15, 0.2) is 0 Å². The molecule has 0 saturated carbocycles.